The van der Waals surface area contributed by atoms with Crippen LogP contribution in [0.1, 0.15) is 72.6 Å². The van der Waals surface area contributed by atoms with E-state index in [0.717, 1.165) is 18.9 Å². The van der Waals surface area contributed by atoms with E-state index >= 15 is 0 Å². The van der Waals surface area contributed by atoms with Crippen LogP contribution in [0.25, 0.3) is 0 Å². The number of hydrogen-bond acceptors (Lipinski definition) is 1. The summed E-state index contributed by atoms with van der Waals surface area (Å²) < 4.78 is 5.97. The van der Waals surface area contributed by atoms with Crippen LogP contribution in [-0.2, 0) is 4.74 Å². The molecule has 0 N–H and O–H groups in total. The lowest BCUT2D eigenvalue weighted by atomic mass is 9.97. The lowest BCUT2D eigenvalue weighted by Crippen LogP contribution is -2.25. The Morgan fingerprint density at radius 3 is 2.41 bits per heavy atom. The van der Waals surface area contributed by atoms with E-state index in [9.17, 15) is 0 Å². The molecule has 0 bridgehead atoms. The van der Waals surface area contributed by atoms with E-state index in [2.05, 4.69) is 34.3 Å². The fourth-order valence-electron chi connectivity index (χ4n) is 1.92. The summed E-state index contributed by atoms with van der Waals surface area (Å²) in [6, 6.07) is 0. The van der Waals surface area contributed by atoms with Crippen LogP contribution in [0.3, 0.4) is 0 Å². The fraction of sp³-hybridized carbons (Fsp3) is 0.875. The third kappa shape index (κ3) is 12.0. The lowest BCUT2D eigenvalue weighted by molar-refractivity contribution is -0.0269. The Hall–Kier alpha value is -0.300. The molecule has 17 heavy (non-hydrogen) atoms. The first-order valence-corrected chi connectivity index (χ1v) is 7.23. The van der Waals surface area contributed by atoms with E-state index in [-0.39, 0.29) is 5.60 Å². The molecule has 0 aromatic carbocycles. The minimum atomic E-state index is 0.0628. The Morgan fingerprint density at radius 2 is 1.82 bits per heavy atom. The van der Waals surface area contributed by atoms with Gasteiger partial charge in [-0.2, -0.15) is 0 Å². The van der Waals surface area contributed by atoms with Crippen LogP contribution in [-0.4, -0.2) is 12.2 Å². The van der Waals surface area contributed by atoms with Crippen LogP contribution in [0.5, 0.6) is 0 Å². The standard InChI is InChI=1S/C16H32O/c1-6-7-8-9-10-14-17-16(4,5)13-11-12-15(2)3/h6,15H,1,7-14H2,2-5H3. The summed E-state index contributed by atoms with van der Waals surface area (Å²) in [5.74, 6) is 0.810. The molecule has 0 atom stereocenters. The first kappa shape index (κ1) is 16.7. The van der Waals surface area contributed by atoms with Gasteiger partial charge in [0.05, 0.1) is 5.60 Å². The van der Waals surface area contributed by atoms with Crippen LogP contribution < -0.4 is 0 Å². The number of allylic oxidation sites excluding steroid dienone is 1. The van der Waals surface area contributed by atoms with Crippen molar-refractivity contribution < 1.29 is 4.74 Å². The molecule has 0 fully saturated rings. The van der Waals surface area contributed by atoms with E-state index in [4.69, 9.17) is 4.74 Å². The van der Waals surface area contributed by atoms with Crippen molar-refractivity contribution in [2.24, 2.45) is 5.92 Å². The molecule has 0 aromatic rings. The molecule has 0 amide bonds. The van der Waals surface area contributed by atoms with Crippen molar-refractivity contribution in [2.45, 2.75) is 78.2 Å². The highest BCUT2D eigenvalue weighted by atomic mass is 16.5. The third-order valence-electron chi connectivity index (χ3n) is 3.11. The summed E-state index contributed by atoms with van der Waals surface area (Å²) in [5, 5.41) is 0. The molecule has 0 aliphatic rings. The molecular formula is C16H32O. The Kier molecular flexibility index (Phi) is 9.53. The van der Waals surface area contributed by atoms with E-state index in [1.165, 1.54) is 38.5 Å². The average Bonchev–Trinajstić information content (AvgIpc) is 2.22. The first-order valence-electron chi connectivity index (χ1n) is 7.23. The topological polar surface area (TPSA) is 9.23 Å². The van der Waals surface area contributed by atoms with Crippen LogP contribution in [0.4, 0.5) is 0 Å². The predicted octanol–water partition coefficient (Wildman–Crippen LogP) is 5.35. The normalized spacial score (nSPS) is 12.1. The summed E-state index contributed by atoms with van der Waals surface area (Å²) >= 11 is 0. The van der Waals surface area contributed by atoms with Gasteiger partial charge in [0.1, 0.15) is 0 Å². The Balaban J connectivity index is 3.46. The minimum Gasteiger partial charge on any atom is -0.376 e. The van der Waals surface area contributed by atoms with Crippen LogP contribution in [0.15, 0.2) is 12.7 Å². The molecule has 0 aliphatic heterocycles. The van der Waals surface area contributed by atoms with Crippen molar-refractivity contribution in [1.82, 2.24) is 0 Å². The predicted molar refractivity (Wildman–Crippen MR) is 77.4 cm³/mol. The minimum absolute atomic E-state index is 0.0628. The van der Waals surface area contributed by atoms with Crippen molar-refractivity contribution in [3.63, 3.8) is 0 Å². The Labute approximate surface area is 109 Å². The molecule has 0 aromatic heterocycles. The second kappa shape index (κ2) is 9.70. The van der Waals surface area contributed by atoms with Gasteiger partial charge in [0.2, 0.25) is 0 Å². The van der Waals surface area contributed by atoms with E-state index in [1.807, 2.05) is 6.08 Å². The molecular weight excluding hydrogens is 208 g/mol. The lowest BCUT2D eigenvalue weighted by Gasteiger charge is -2.25. The molecule has 0 rings (SSSR count). The van der Waals surface area contributed by atoms with Gasteiger partial charge in [-0.25, -0.2) is 0 Å². The zero-order chi connectivity index (χ0) is 13.1. The number of rotatable bonds is 11. The van der Waals surface area contributed by atoms with Crippen molar-refractivity contribution in [3.8, 4) is 0 Å². The Morgan fingerprint density at radius 1 is 1.12 bits per heavy atom. The van der Waals surface area contributed by atoms with Gasteiger partial charge >= 0.3 is 0 Å². The van der Waals surface area contributed by atoms with Gasteiger partial charge in [0, 0.05) is 6.61 Å². The van der Waals surface area contributed by atoms with Gasteiger partial charge in [0.15, 0.2) is 0 Å². The Bertz CT molecular complexity index is 182. The third-order valence-corrected chi connectivity index (χ3v) is 3.11. The van der Waals surface area contributed by atoms with Crippen molar-refractivity contribution >= 4 is 0 Å². The SMILES string of the molecule is C=CCCCCCOC(C)(C)CCCC(C)C. The van der Waals surface area contributed by atoms with Crippen LogP contribution in [0, 0.1) is 5.92 Å². The van der Waals surface area contributed by atoms with Gasteiger partial charge in [0.25, 0.3) is 0 Å². The average molecular weight is 240 g/mol. The zero-order valence-electron chi connectivity index (χ0n) is 12.4. The van der Waals surface area contributed by atoms with Gasteiger partial charge in [-0.05, 0) is 45.4 Å². The number of hydrogen-bond donors (Lipinski definition) is 0. The van der Waals surface area contributed by atoms with Crippen molar-refractivity contribution in [1.29, 1.82) is 0 Å². The quantitative estimate of drug-likeness (QED) is 0.349. The molecule has 1 nitrogen and oxygen atoms in total. The first-order chi connectivity index (χ1) is 7.98. The summed E-state index contributed by atoms with van der Waals surface area (Å²) in [4.78, 5) is 0. The molecule has 0 heterocycles. The maximum absolute atomic E-state index is 5.97. The van der Waals surface area contributed by atoms with Gasteiger partial charge in [-0.3, -0.25) is 0 Å². The van der Waals surface area contributed by atoms with Crippen molar-refractivity contribution in [2.75, 3.05) is 6.61 Å². The smallest absolute Gasteiger partial charge is 0.0626 e. The van der Waals surface area contributed by atoms with E-state index in [0.29, 0.717) is 0 Å². The summed E-state index contributed by atoms with van der Waals surface area (Å²) in [6.45, 7) is 13.7. The number of unbranched alkanes of at least 4 members (excludes halogenated alkanes) is 3. The number of ether oxygens (including phenoxy) is 1. The summed E-state index contributed by atoms with van der Waals surface area (Å²) in [7, 11) is 0. The van der Waals surface area contributed by atoms with Crippen LogP contribution >= 0.6 is 0 Å². The zero-order valence-corrected chi connectivity index (χ0v) is 12.4. The molecule has 1 heteroatoms. The van der Waals surface area contributed by atoms with Gasteiger partial charge in [-0.15, -0.1) is 6.58 Å². The highest BCUT2D eigenvalue weighted by Crippen LogP contribution is 2.20. The summed E-state index contributed by atoms with van der Waals surface area (Å²) in [6.07, 6.45) is 10.6. The molecule has 0 radical (unpaired) electrons. The highest BCUT2D eigenvalue weighted by Gasteiger charge is 2.17. The maximum Gasteiger partial charge on any atom is 0.0626 e. The maximum atomic E-state index is 5.97. The molecule has 0 spiro atoms. The highest BCUT2D eigenvalue weighted by molar-refractivity contribution is 4.69. The van der Waals surface area contributed by atoms with Crippen molar-refractivity contribution in [3.05, 3.63) is 12.7 Å². The molecule has 0 aliphatic carbocycles. The largest absolute Gasteiger partial charge is 0.376 e. The van der Waals surface area contributed by atoms with Crippen LogP contribution in [0.2, 0.25) is 0 Å². The second-order valence-corrected chi connectivity index (χ2v) is 6.03. The molecule has 0 saturated carbocycles. The second-order valence-electron chi connectivity index (χ2n) is 6.03. The van der Waals surface area contributed by atoms with Gasteiger partial charge in [-0.1, -0.05) is 39.2 Å². The molecule has 0 saturated heterocycles. The van der Waals surface area contributed by atoms with E-state index in [1.54, 1.807) is 0 Å². The molecule has 0 unspecified atom stereocenters. The van der Waals surface area contributed by atoms with Gasteiger partial charge < -0.3 is 4.74 Å². The monoisotopic (exact) mass is 240 g/mol. The summed E-state index contributed by atoms with van der Waals surface area (Å²) in [5.41, 5.74) is 0.0628. The fourth-order valence-corrected chi connectivity index (χ4v) is 1.92. The van der Waals surface area contributed by atoms with E-state index < -0.39 is 0 Å². The molecule has 102 valence electrons.